The van der Waals surface area contributed by atoms with Crippen molar-refractivity contribution in [3.63, 3.8) is 0 Å². The molecule has 0 bridgehead atoms. The lowest BCUT2D eigenvalue weighted by molar-refractivity contribution is -0.0787. The Morgan fingerprint density at radius 2 is 1.85 bits per heavy atom. The van der Waals surface area contributed by atoms with Crippen molar-refractivity contribution in [2.45, 2.75) is 42.8 Å². The molecule has 0 atom stereocenters. The van der Waals surface area contributed by atoms with E-state index < -0.39 is 0 Å². The molecule has 0 unspecified atom stereocenters. The summed E-state index contributed by atoms with van der Waals surface area (Å²) < 4.78 is 6.29. The highest BCUT2D eigenvalue weighted by atomic mass is 32.2. The molecule has 3 aliphatic rings. The molecule has 0 aromatic heterocycles. The lowest BCUT2D eigenvalue weighted by Crippen LogP contribution is -2.42. The van der Waals surface area contributed by atoms with E-state index in [1.54, 1.807) is 0 Å². The summed E-state index contributed by atoms with van der Waals surface area (Å²) in [5, 5.41) is 0. The average Bonchev–Trinajstić information content (AvgIpc) is 3.29. The van der Waals surface area contributed by atoms with Gasteiger partial charge in [0.05, 0.1) is 12.2 Å². The Morgan fingerprint density at radius 3 is 2.78 bits per heavy atom. The molecule has 3 heterocycles. The summed E-state index contributed by atoms with van der Waals surface area (Å²) in [7, 11) is 0. The molecule has 3 heteroatoms. The molecule has 1 spiro atoms. The van der Waals surface area contributed by atoms with Crippen LogP contribution >= 0.6 is 11.8 Å². The zero-order valence-electron chi connectivity index (χ0n) is 15.8. The summed E-state index contributed by atoms with van der Waals surface area (Å²) in [6, 6.07) is 17.6. The second-order valence-corrected chi connectivity index (χ2v) is 8.96. The van der Waals surface area contributed by atoms with Crippen molar-refractivity contribution >= 4 is 17.3 Å². The molecule has 0 radical (unpaired) electrons. The van der Waals surface area contributed by atoms with Crippen molar-refractivity contribution in [3.05, 3.63) is 71.3 Å². The van der Waals surface area contributed by atoms with E-state index in [4.69, 9.17) is 4.74 Å². The number of nitrogens with zero attached hydrogens (tertiary/aromatic N) is 1. The molecule has 1 fully saturated rings. The first kappa shape index (κ1) is 17.5. The number of unbranched alkanes of at least 4 members (excludes halogenated alkanes) is 1. The highest BCUT2D eigenvalue weighted by molar-refractivity contribution is 8.00. The molecule has 3 aliphatic heterocycles. The SMILES string of the molecule is C(CCCN1CCC2(CC1)OCc1ccccc12)=C1CSc2ccccc21. The number of hydrogen-bond donors (Lipinski definition) is 0. The van der Waals surface area contributed by atoms with E-state index in [1.807, 2.05) is 11.8 Å². The van der Waals surface area contributed by atoms with Gasteiger partial charge in [-0.2, -0.15) is 0 Å². The van der Waals surface area contributed by atoms with Gasteiger partial charge >= 0.3 is 0 Å². The summed E-state index contributed by atoms with van der Waals surface area (Å²) in [6.07, 6.45) is 7.18. The highest BCUT2D eigenvalue weighted by Crippen LogP contribution is 2.44. The van der Waals surface area contributed by atoms with Crippen molar-refractivity contribution in [2.75, 3.05) is 25.4 Å². The third-order valence-corrected chi connectivity index (χ3v) is 7.48. The summed E-state index contributed by atoms with van der Waals surface area (Å²) in [6.45, 7) is 4.31. The average molecular weight is 378 g/mol. The van der Waals surface area contributed by atoms with Crippen LogP contribution in [0.5, 0.6) is 0 Å². The number of rotatable bonds is 4. The maximum atomic E-state index is 6.29. The molecule has 0 amide bonds. The first-order valence-electron chi connectivity index (χ1n) is 10.2. The van der Waals surface area contributed by atoms with Gasteiger partial charge in [-0.05, 0) is 60.6 Å². The van der Waals surface area contributed by atoms with Crippen molar-refractivity contribution in [1.29, 1.82) is 0 Å². The van der Waals surface area contributed by atoms with Crippen LogP contribution in [0.25, 0.3) is 5.57 Å². The Kier molecular flexibility index (Phi) is 4.85. The normalized spacial score (nSPS) is 22.3. The van der Waals surface area contributed by atoms with Gasteiger partial charge in [0.15, 0.2) is 0 Å². The number of fused-ring (bicyclic) bond motifs is 3. The van der Waals surface area contributed by atoms with Crippen molar-refractivity contribution < 1.29 is 4.74 Å². The number of ether oxygens (including phenoxy) is 1. The number of allylic oxidation sites excluding steroid dienone is 1. The fourth-order valence-corrected chi connectivity index (χ4v) is 5.90. The Morgan fingerprint density at radius 1 is 1.04 bits per heavy atom. The number of benzene rings is 2. The molecular formula is C24H27NOS. The summed E-state index contributed by atoms with van der Waals surface area (Å²) in [5.74, 6) is 1.14. The lowest BCUT2D eigenvalue weighted by atomic mass is 9.84. The topological polar surface area (TPSA) is 12.5 Å². The minimum absolute atomic E-state index is 0.000148. The van der Waals surface area contributed by atoms with E-state index >= 15 is 0 Å². The van der Waals surface area contributed by atoms with Crippen molar-refractivity contribution in [1.82, 2.24) is 4.90 Å². The number of piperidine rings is 1. The number of thioether (sulfide) groups is 1. The van der Waals surface area contributed by atoms with Crippen molar-refractivity contribution in [3.8, 4) is 0 Å². The molecule has 1 saturated heterocycles. The monoisotopic (exact) mass is 377 g/mol. The molecule has 2 nitrogen and oxygen atoms in total. The third kappa shape index (κ3) is 3.37. The van der Waals surface area contributed by atoms with E-state index in [-0.39, 0.29) is 5.60 Å². The van der Waals surface area contributed by atoms with Crippen LogP contribution < -0.4 is 0 Å². The zero-order chi connectivity index (χ0) is 18.1. The maximum Gasteiger partial charge on any atom is 0.0963 e. The van der Waals surface area contributed by atoms with Gasteiger partial charge in [0.1, 0.15) is 0 Å². The molecule has 0 aliphatic carbocycles. The number of likely N-dealkylation sites (tertiary alicyclic amines) is 1. The Labute approximate surface area is 166 Å². The smallest absolute Gasteiger partial charge is 0.0963 e. The van der Waals surface area contributed by atoms with Crippen LogP contribution in [-0.4, -0.2) is 30.3 Å². The highest BCUT2D eigenvalue weighted by Gasteiger charge is 2.42. The largest absolute Gasteiger partial charge is 0.365 e. The second kappa shape index (κ2) is 7.46. The maximum absolute atomic E-state index is 6.29. The molecule has 2 aromatic carbocycles. The van der Waals surface area contributed by atoms with E-state index in [0.29, 0.717) is 0 Å². The van der Waals surface area contributed by atoms with Crippen LogP contribution in [0.1, 0.15) is 42.4 Å². The van der Waals surface area contributed by atoms with Crippen LogP contribution in [-0.2, 0) is 16.9 Å². The molecule has 140 valence electrons. The fourth-order valence-electron chi connectivity index (χ4n) is 4.79. The van der Waals surface area contributed by atoms with Gasteiger partial charge in [-0.25, -0.2) is 0 Å². The summed E-state index contributed by atoms with van der Waals surface area (Å²) in [5.41, 5.74) is 5.84. The van der Waals surface area contributed by atoms with Gasteiger partial charge in [0.25, 0.3) is 0 Å². The predicted octanol–water partition coefficient (Wildman–Crippen LogP) is 5.48. The molecule has 2 aromatic rings. The Hall–Kier alpha value is -1.55. The first-order valence-corrected chi connectivity index (χ1v) is 11.2. The van der Waals surface area contributed by atoms with E-state index in [0.717, 1.165) is 38.3 Å². The van der Waals surface area contributed by atoms with Crippen LogP contribution in [0.4, 0.5) is 0 Å². The predicted molar refractivity (Wildman–Crippen MR) is 113 cm³/mol. The summed E-state index contributed by atoms with van der Waals surface area (Å²) >= 11 is 1.97. The van der Waals surface area contributed by atoms with Crippen LogP contribution in [0.3, 0.4) is 0 Å². The molecule has 0 N–H and O–H groups in total. The zero-order valence-corrected chi connectivity index (χ0v) is 16.6. The van der Waals surface area contributed by atoms with E-state index in [2.05, 4.69) is 59.5 Å². The van der Waals surface area contributed by atoms with Gasteiger partial charge in [0.2, 0.25) is 0 Å². The number of hydrogen-bond acceptors (Lipinski definition) is 3. The van der Waals surface area contributed by atoms with Crippen molar-refractivity contribution in [2.24, 2.45) is 0 Å². The van der Waals surface area contributed by atoms with Gasteiger partial charge in [0, 0.05) is 23.7 Å². The minimum Gasteiger partial charge on any atom is -0.365 e. The second-order valence-electron chi connectivity index (χ2n) is 7.94. The molecular weight excluding hydrogens is 350 g/mol. The fraction of sp³-hybridized carbons (Fsp3) is 0.417. The van der Waals surface area contributed by atoms with Crippen LogP contribution in [0.15, 0.2) is 59.5 Å². The Balaban J connectivity index is 1.12. The quantitative estimate of drug-likeness (QED) is 0.655. The van der Waals surface area contributed by atoms with Gasteiger partial charge in [-0.1, -0.05) is 48.5 Å². The minimum atomic E-state index is -0.000148. The van der Waals surface area contributed by atoms with Crippen LogP contribution in [0.2, 0.25) is 0 Å². The lowest BCUT2D eigenvalue weighted by Gasteiger charge is -2.39. The van der Waals surface area contributed by atoms with Gasteiger partial charge in [-0.3, -0.25) is 0 Å². The Bertz CT molecular complexity index is 851. The van der Waals surface area contributed by atoms with E-state index in [1.165, 1.54) is 46.5 Å². The van der Waals surface area contributed by atoms with E-state index in [9.17, 15) is 0 Å². The standard InChI is InChI=1S/C24H27NOS/c1-3-10-22-19(7-1)17-26-24(22)12-15-25(16-13-24)14-6-5-8-20-18-27-23-11-4-2-9-21(20)23/h1-4,7-11H,5-6,12-18H2. The van der Waals surface area contributed by atoms with Crippen LogP contribution in [0, 0.1) is 0 Å². The van der Waals surface area contributed by atoms with Gasteiger partial charge < -0.3 is 9.64 Å². The molecule has 5 rings (SSSR count). The summed E-state index contributed by atoms with van der Waals surface area (Å²) in [4.78, 5) is 4.08. The first-order chi connectivity index (χ1) is 13.3. The van der Waals surface area contributed by atoms with Gasteiger partial charge in [-0.15, -0.1) is 11.8 Å². The molecule has 0 saturated carbocycles. The molecule has 27 heavy (non-hydrogen) atoms. The third-order valence-electron chi connectivity index (χ3n) is 6.36.